The van der Waals surface area contributed by atoms with Crippen molar-refractivity contribution in [2.75, 3.05) is 0 Å². The van der Waals surface area contributed by atoms with Gasteiger partial charge < -0.3 is 20.8 Å². The van der Waals surface area contributed by atoms with E-state index in [1.165, 1.54) is 0 Å². The van der Waals surface area contributed by atoms with Crippen molar-refractivity contribution in [2.45, 2.75) is 39.3 Å². The summed E-state index contributed by atoms with van der Waals surface area (Å²) in [7, 11) is 0. The summed E-state index contributed by atoms with van der Waals surface area (Å²) in [6, 6.07) is -2.24. The zero-order valence-electron chi connectivity index (χ0n) is 10.1. The zero-order chi connectivity index (χ0) is 13.6. The first-order chi connectivity index (χ1) is 7.73. The van der Waals surface area contributed by atoms with Crippen molar-refractivity contribution in [3.05, 3.63) is 0 Å². The SMILES string of the molecule is CC(C)C(C)NC(=O)NC(CC(=O)O)C(=O)O. The third-order valence-electron chi connectivity index (χ3n) is 2.34. The van der Waals surface area contributed by atoms with Gasteiger partial charge in [-0.3, -0.25) is 4.79 Å². The maximum absolute atomic E-state index is 11.4. The van der Waals surface area contributed by atoms with Crippen LogP contribution in [0.5, 0.6) is 0 Å². The highest BCUT2D eigenvalue weighted by atomic mass is 16.4. The Morgan fingerprint density at radius 2 is 1.59 bits per heavy atom. The highest BCUT2D eigenvalue weighted by molar-refractivity contribution is 5.86. The molecule has 0 aliphatic rings. The molecule has 0 aromatic carbocycles. The van der Waals surface area contributed by atoms with Crippen molar-refractivity contribution in [3.63, 3.8) is 0 Å². The number of amides is 2. The van der Waals surface area contributed by atoms with Gasteiger partial charge in [0, 0.05) is 6.04 Å². The topological polar surface area (TPSA) is 116 Å². The van der Waals surface area contributed by atoms with Crippen LogP contribution < -0.4 is 10.6 Å². The number of urea groups is 1. The monoisotopic (exact) mass is 246 g/mol. The van der Waals surface area contributed by atoms with Crippen molar-refractivity contribution in [2.24, 2.45) is 5.92 Å². The van der Waals surface area contributed by atoms with E-state index in [-0.39, 0.29) is 12.0 Å². The van der Waals surface area contributed by atoms with E-state index in [0.29, 0.717) is 0 Å². The Balaban J connectivity index is 4.31. The number of hydrogen-bond acceptors (Lipinski definition) is 3. The number of carboxylic acid groups (broad SMARTS) is 2. The predicted octanol–water partition coefficient (Wildman–Crippen LogP) is 0.258. The first kappa shape index (κ1) is 15.2. The number of carbonyl (C=O) groups excluding carboxylic acids is 1. The van der Waals surface area contributed by atoms with Crippen LogP contribution in [0, 0.1) is 5.92 Å². The molecule has 0 saturated carbocycles. The molecule has 17 heavy (non-hydrogen) atoms. The minimum absolute atomic E-state index is 0.130. The normalized spacial score (nSPS) is 13.9. The van der Waals surface area contributed by atoms with E-state index in [4.69, 9.17) is 10.2 Å². The van der Waals surface area contributed by atoms with Crippen molar-refractivity contribution >= 4 is 18.0 Å². The summed E-state index contributed by atoms with van der Waals surface area (Å²) in [4.78, 5) is 32.5. The van der Waals surface area contributed by atoms with Crippen LogP contribution in [0.25, 0.3) is 0 Å². The maximum Gasteiger partial charge on any atom is 0.326 e. The summed E-state index contributed by atoms with van der Waals surface area (Å²) in [5.41, 5.74) is 0. The molecular weight excluding hydrogens is 228 g/mol. The van der Waals surface area contributed by atoms with Crippen molar-refractivity contribution < 1.29 is 24.6 Å². The van der Waals surface area contributed by atoms with Crippen LogP contribution in [0.4, 0.5) is 4.79 Å². The van der Waals surface area contributed by atoms with Gasteiger partial charge in [0.2, 0.25) is 0 Å². The van der Waals surface area contributed by atoms with Crippen LogP contribution >= 0.6 is 0 Å². The average Bonchev–Trinajstić information content (AvgIpc) is 2.15. The number of carbonyl (C=O) groups is 3. The Morgan fingerprint density at radius 3 is 1.94 bits per heavy atom. The summed E-state index contributed by atoms with van der Waals surface area (Å²) in [6.07, 6.45) is -0.654. The lowest BCUT2D eigenvalue weighted by Gasteiger charge is -2.19. The molecule has 0 bridgehead atoms. The van der Waals surface area contributed by atoms with Crippen LogP contribution in [0.3, 0.4) is 0 Å². The van der Waals surface area contributed by atoms with Crippen molar-refractivity contribution in [3.8, 4) is 0 Å². The standard InChI is InChI=1S/C10H18N2O5/c1-5(2)6(3)11-10(17)12-7(9(15)16)4-8(13)14/h5-7H,4H2,1-3H3,(H,13,14)(H,15,16)(H2,11,12,17). The highest BCUT2D eigenvalue weighted by Crippen LogP contribution is 2.00. The molecule has 0 saturated heterocycles. The fourth-order valence-electron chi connectivity index (χ4n) is 0.948. The highest BCUT2D eigenvalue weighted by Gasteiger charge is 2.23. The Bertz CT molecular complexity index is 303. The van der Waals surface area contributed by atoms with E-state index >= 15 is 0 Å². The minimum atomic E-state index is -1.42. The molecule has 0 aliphatic carbocycles. The predicted molar refractivity (Wildman–Crippen MR) is 59.6 cm³/mol. The summed E-state index contributed by atoms with van der Waals surface area (Å²) >= 11 is 0. The molecule has 0 heterocycles. The number of carboxylic acids is 2. The number of rotatable bonds is 6. The Labute approximate surface area is 99.2 Å². The van der Waals surface area contributed by atoms with Crippen LogP contribution in [-0.2, 0) is 9.59 Å². The second-order valence-electron chi connectivity index (χ2n) is 4.14. The number of nitrogens with one attached hydrogen (secondary N) is 2. The van der Waals surface area contributed by atoms with Gasteiger partial charge in [0.15, 0.2) is 0 Å². The van der Waals surface area contributed by atoms with Crippen LogP contribution in [0.2, 0.25) is 0 Å². The molecule has 0 radical (unpaired) electrons. The Morgan fingerprint density at radius 1 is 1.06 bits per heavy atom. The fourth-order valence-corrected chi connectivity index (χ4v) is 0.948. The van der Waals surface area contributed by atoms with Crippen molar-refractivity contribution in [1.29, 1.82) is 0 Å². The van der Waals surface area contributed by atoms with E-state index in [1.807, 2.05) is 13.8 Å². The third kappa shape index (κ3) is 6.39. The summed E-state index contributed by atoms with van der Waals surface area (Å²) in [6.45, 7) is 5.57. The molecule has 0 spiro atoms. The maximum atomic E-state index is 11.4. The van der Waals surface area contributed by atoms with E-state index in [9.17, 15) is 14.4 Å². The van der Waals surface area contributed by atoms with Crippen LogP contribution in [0.15, 0.2) is 0 Å². The van der Waals surface area contributed by atoms with E-state index in [1.54, 1.807) is 6.92 Å². The lowest BCUT2D eigenvalue weighted by Crippen LogP contribution is -2.50. The summed E-state index contributed by atoms with van der Waals surface area (Å²) in [5, 5.41) is 21.8. The molecule has 0 aromatic rings. The molecule has 7 nitrogen and oxygen atoms in total. The minimum Gasteiger partial charge on any atom is -0.481 e. The molecule has 2 amide bonds. The van der Waals surface area contributed by atoms with E-state index in [0.717, 1.165) is 0 Å². The van der Waals surface area contributed by atoms with Gasteiger partial charge in [0.25, 0.3) is 0 Å². The molecule has 2 atom stereocenters. The average molecular weight is 246 g/mol. The first-order valence-corrected chi connectivity index (χ1v) is 5.25. The van der Waals surface area contributed by atoms with Gasteiger partial charge in [-0.15, -0.1) is 0 Å². The quantitative estimate of drug-likeness (QED) is 0.536. The molecule has 0 fully saturated rings. The Kier molecular flexibility index (Phi) is 6.01. The molecule has 98 valence electrons. The van der Waals surface area contributed by atoms with Gasteiger partial charge in [-0.2, -0.15) is 0 Å². The molecule has 7 heteroatoms. The zero-order valence-corrected chi connectivity index (χ0v) is 10.1. The lowest BCUT2D eigenvalue weighted by molar-refractivity contribution is -0.145. The number of aliphatic carboxylic acids is 2. The smallest absolute Gasteiger partial charge is 0.326 e. The Hall–Kier alpha value is -1.79. The van der Waals surface area contributed by atoms with Crippen LogP contribution in [-0.4, -0.2) is 40.3 Å². The molecule has 4 N–H and O–H groups in total. The van der Waals surface area contributed by atoms with Crippen molar-refractivity contribution in [1.82, 2.24) is 10.6 Å². The lowest BCUT2D eigenvalue weighted by atomic mass is 10.1. The third-order valence-corrected chi connectivity index (χ3v) is 2.34. The molecular formula is C10H18N2O5. The second-order valence-corrected chi connectivity index (χ2v) is 4.14. The summed E-state index contributed by atoms with van der Waals surface area (Å²) < 4.78 is 0. The van der Waals surface area contributed by atoms with Gasteiger partial charge in [-0.25, -0.2) is 9.59 Å². The molecule has 0 aromatic heterocycles. The fraction of sp³-hybridized carbons (Fsp3) is 0.700. The second kappa shape index (κ2) is 6.72. The molecule has 2 unspecified atom stereocenters. The molecule has 0 aliphatic heterocycles. The van der Waals surface area contributed by atoms with E-state index in [2.05, 4.69) is 10.6 Å². The van der Waals surface area contributed by atoms with E-state index < -0.39 is 30.4 Å². The van der Waals surface area contributed by atoms with Gasteiger partial charge in [0.05, 0.1) is 6.42 Å². The van der Waals surface area contributed by atoms with Crippen LogP contribution in [0.1, 0.15) is 27.2 Å². The first-order valence-electron chi connectivity index (χ1n) is 5.25. The van der Waals surface area contributed by atoms with Gasteiger partial charge in [-0.1, -0.05) is 13.8 Å². The molecule has 0 rings (SSSR count). The largest absolute Gasteiger partial charge is 0.481 e. The van der Waals surface area contributed by atoms with Gasteiger partial charge in [-0.05, 0) is 12.8 Å². The van der Waals surface area contributed by atoms with Gasteiger partial charge >= 0.3 is 18.0 Å². The van der Waals surface area contributed by atoms with Gasteiger partial charge in [0.1, 0.15) is 6.04 Å². The summed E-state index contributed by atoms with van der Waals surface area (Å²) in [5.74, 6) is -2.46. The number of hydrogen-bond donors (Lipinski definition) is 4.